The molecule has 3 atom stereocenters. The van der Waals surface area contributed by atoms with Gasteiger partial charge < -0.3 is 15.0 Å². The second kappa shape index (κ2) is 9.78. The van der Waals surface area contributed by atoms with E-state index >= 15 is 0 Å². The van der Waals surface area contributed by atoms with E-state index in [4.69, 9.17) is 8.92 Å². The molecule has 1 aliphatic heterocycles. The molecule has 0 saturated carbocycles. The normalized spacial score (nSPS) is 20.8. The fourth-order valence-corrected chi connectivity index (χ4v) is 3.95. The van der Waals surface area contributed by atoms with Gasteiger partial charge in [-0.1, -0.05) is 30.3 Å². The molecule has 0 bridgehead atoms. The Hall–Kier alpha value is -2.13. The maximum absolute atomic E-state index is 13.1. The zero-order valence-corrected chi connectivity index (χ0v) is 19.1. The van der Waals surface area contributed by atoms with Gasteiger partial charge in [0.1, 0.15) is 5.60 Å². The first-order valence-corrected chi connectivity index (χ1v) is 11.9. The Morgan fingerprint density at radius 3 is 2.47 bits per heavy atom. The van der Waals surface area contributed by atoms with Crippen LogP contribution in [0.5, 0.6) is 0 Å². The molecule has 9 heteroatoms. The summed E-state index contributed by atoms with van der Waals surface area (Å²) in [5, 5.41) is 2.66. The van der Waals surface area contributed by atoms with Crippen LogP contribution in [0, 0.1) is 11.8 Å². The average molecular weight is 441 g/mol. The summed E-state index contributed by atoms with van der Waals surface area (Å²) >= 11 is 0. The highest BCUT2D eigenvalue weighted by Gasteiger charge is 2.42. The van der Waals surface area contributed by atoms with Crippen LogP contribution in [0.15, 0.2) is 30.3 Å². The van der Waals surface area contributed by atoms with Crippen molar-refractivity contribution < 1.29 is 26.9 Å². The van der Waals surface area contributed by atoms with E-state index < -0.39 is 27.7 Å². The van der Waals surface area contributed by atoms with Crippen molar-refractivity contribution in [2.24, 2.45) is 11.8 Å². The number of amides is 2. The standard InChI is InChI=1S/C21H32N2O6S/c1-15(16-9-7-6-8-10-16)23-13-17(14-28-30(5,26)27)18(19(23)24)11-12-22-20(25)29-21(2,3)4/h6-10,15,17-18H,11-14H2,1-5H3,(H,22,25)/t15-,17-,18-/m1/s1. The summed E-state index contributed by atoms with van der Waals surface area (Å²) in [6.07, 6.45) is 0.813. The lowest BCUT2D eigenvalue weighted by Gasteiger charge is -2.25. The largest absolute Gasteiger partial charge is 0.444 e. The van der Waals surface area contributed by atoms with Crippen LogP contribution in [0.2, 0.25) is 0 Å². The van der Waals surface area contributed by atoms with Gasteiger partial charge in [0.15, 0.2) is 0 Å². The van der Waals surface area contributed by atoms with Crippen molar-refractivity contribution in [3.63, 3.8) is 0 Å². The molecular formula is C21H32N2O6S. The first kappa shape index (κ1) is 24.1. The summed E-state index contributed by atoms with van der Waals surface area (Å²) in [7, 11) is -3.62. The molecule has 2 amide bonds. The van der Waals surface area contributed by atoms with Crippen molar-refractivity contribution >= 4 is 22.1 Å². The SMILES string of the molecule is C[C@H](c1ccccc1)N1C[C@H](COS(C)(=O)=O)[C@@H](CCNC(=O)OC(C)(C)C)C1=O. The lowest BCUT2D eigenvalue weighted by atomic mass is 9.93. The van der Waals surface area contributed by atoms with Crippen molar-refractivity contribution in [1.29, 1.82) is 0 Å². The minimum Gasteiger partial charge on any atom is -0.444 e. The number of carbonyl (C=O) groups is 2. The number of hydrogen-bond acceptors (Lipinski definition) is 6. The Morgan fingerprint density at radius 1 is 1.27 bits per heavy atom. The van der Waals surface area contributed by atoms with Crippen molar-refractivity contribution in [2.45, 2.75) is 45.8 Å². The Balaban J connectivity index is 2.07. The molecule has 1 aromatic rings. The zero-order chi connectivity index (χ0) is 22.5. The van der Waals surface area contributed by atoms with Crippen molar-refractivity contribution in [2.75, 3.05) is 26.0 Å². The highest BCUT2D eigenvalue weighted by molar-refractivity contribution is 7.85. The molecule has 1 aliphatic rings. The van der Waals surface area contributed by atoms with E-state index in [9.17, 15) is 18.0 Å². The molecule has 1 saturated heterocycles. The Morgan fingerprint density at radius 2 is 1.90 bits per heavy atom. The summed E-state index contributed by atoms with van der Waals surface area (Å²) in [6, 6.07) is 9.51. The van der Waals surface area contributed by atoms with Crippen LogP contribution in [0.3, 0.4) is 0 Å². The molecule has 0 radical (unpaired) electrons. The molecule has 0 aliphatic carbocycles. The quantitative estimate of drug-likeness (QED) is 0.624. The van der Waals surface area contributed by atoms with Gasteiger partial charge in [0.2, 0.25) is 5.91 Å². The summed E-state index contributed by atoms with van der Waals surface area (Å²) < 4.78 is 33.1. The van der Waals surface area contributed by atoms with E-state index in [0.29, 0.717) is 13.0 Å². The van der Waals surface area contributed by atoms with Crippen molar-refractivity contribution in [3.8, 4) is 0 Å². The fourth-order valence-electron chi connectivity index (χ4n) is 3.53. The van der Waals surface area contributed by atoms with Gasteiger partial charge in [0.25, 0.3) is 10.1 Å². The van der Waals surface area contributed by atoms with Crippen LogP contribution in [0.1, 0.15) is 45.7 Å². The topological polar surface area (TPSA) is 102 Å². The predicted molar refractivity (Wildman–Crippen MR) is 113 cm³/mol. The Labute approximate surface area is 179 Å². The first-order valence-electron chi connectivity index (χ1n) is 10.0. The number of ether oxygens (including phenoxy) is 1. The third-order valence-corrected chi connectivity index (χ3v) is 5.53. The van der Waals surface area contributed by atoms with E-state index in [0.717, 1.165) is 11.8 Å². The number of carbonyl (C=O) groups excluding carboxylic acids is 2. The number of likely N-dealkylation sites (tertiary alicyclic amines) is 1. The summed E-state index contributed by atoms with van der Waals surface area (Å²) in [5.74, 6) is -0.814. The van der Waals surface area contributed by atoms with E-state index in [-0.39, 0.29) is 31.0 Å². The van der Waals surface area contributed by atoms with Crippen molar-refractivity contribution in [1.82, 2.24) is 10.2 Å². The Kier molecular flexibility index (Phi) is 7.87. The molecule has 0 unspecified atom stereocenters. The summed E-state index contributed by atoms with van der Waals surface area (Å²) in [6.45, 7) is 7.83. The van der Waals surface area contributed by atoms with Crippen LogP contribution in [-0.2, 0) is 23.8 Å². The number of nitrogens with zero attached hydrogens (tertiary/aromatic N) is 1. The maximum Gasteiger partial charge on any atom is 0.407 e. The van der Waals surface area contributed by atoms with Crippen LogP contribution in [0.25, 0.3) is 0 Å². The van der Waals surface area contributed by atoms with Gasteiger partial charge in [-0.2, -0.15) is 8.42 Å². The van der Waals surface area contributed by atoms with Gasteiger partial charge in [0, 0.05) is 24.9 Å². The highest BCUT2D eigenvalue weighted by Crippen LogP contribution is 2.34. The first-order chi connectivity index (χ1) is 13.9. The molecule has 1 fully saturated rings. The molecule has 168 valence electrons. The summed E-state index contributed by atoms with van der Waals surface area (Å²) in [5.41, 5.74) is 0.391. The molecule has 0 aromatic heterocycles. The highest BCUT2D eigenvalue weighted by atomic mass is 32.2. The van der Waals surface area contributed by atoms with E-state index in [1.807, 2.05) is 37.3 Å². The van der Waals surface area contributed by atoms with Crippen LogP contribution in [0.4, 0.5) is 4.79 Å². The van der Waals surface area contributed by atoms with Gasteiger partial charge in [-0.05, 0) is 39.7 Å². The maximum atomic E-state index is 13.1. The molecule has 8 nitrogen and oxygen atoms in total. The molecule has 1 aromatic carbocycles. The van der Waals surface area contributed by atoms with Gasteiger partial charge in [-0.15, -0.1) is 0 Å². The summed E-state index contributed by atoms with van der Waals surface area (Å²) in [4.78, 5) is 26.8. The number of alkyl carbamates (subject to hydrolysis) is 1. The molecule has 0 spiro atoms. The van der Waals surface area contributed by atoms with E-state index in [1.54, 1.807) is 25.7 Å². The molecule has 2 rings (SSSR count). The van der Waals surface area contributed by atoms with Gasteiger partial charge in [-0.25, -0.2) is 4.79 Å². The van der Waals surface area contributed by atoms with Crippen LogP contribution < -0.4 is 5.32 Å². The van der Waals surface area contributed by atoms with Crippen LogP contribution in [-0.4, -0.2) is 56.9 Å². The average Bonchev–Trinajstić information content (AvgIpc) is 2.94. The third-order valence-electron chi connectivity index (χ3n) is 4.97. The van der Waals surface area contributed by atoms with E-state index in [1.165, 1.54) is 0 Å². The number of nitrogens with one attached hydrogen (secondary N) is 1. The second-order valence-electron chi connectivity index (χ2n) is 8.65. The zero-order valence-electron chi connectivity index (χ0n) is 18.3. The number of hydrogen-bond donors (Lipinski definition) is 1. The smallest absolute Gasteiger partial charge is 0.407 e. The number of benzene rings is 1. The molecular weight excluding hydrogens is 408 g/mol. The van der Waals surface area contributed by atoms with Gasteiger partial charge in [0.05, 0.1) is 18.9 Å². The fraction of sp³-hybridized carbons (Fsp3) is 0.619. The van der Waals surface area contributed by atoms with E-state index in [2.05, 4.69) is 5.32 Å². The van der Waals surface area contributed by atoms with Crippen molar-refractivity contribution in [3.05, 3.63) is 35.9 Å². The third kappa shape index (κ3) is 7.28. The molecule has 30 heavy (non-hydrogen) atoms. The minimum atomic E-state index is -3.62. The van der Waals surface area contributed by atoms with Gasteiger partial charge >= 0.3 is 6.09 Å². The lowest BCUT2D eigenvalue weighted by Crippen LogP contribution is -2.35. The predicted octanol–water partition coefficient (Wildman–Crippen LogP) is 2.71. The minimum absolute atomic E-state index is 0.0698. The number of rotatable bonds is 8. The Bertz CT molecular complexity index is 835. The molecule has 1 N–H and O–H groups in total. The van der Waals surface area contributed by atoms with Crippen LogP contribution >= 0.6 is 0 Å². The second-order valence-corrected chi connectivity index (χ2v) is 10.3. The van der Waals surface area contributed by atoms with Gasteiger partial charge in [-0.3, -0.25) is 8.98 Å². The lowest BCUT2D eigenvalue weighted by molar-refractivity contribution is -0.133. The monoisotopic (exact) mass is 440 g/mol. The molecule has 1 heterocycles.